The molecule has 2 N–H and O–H groups in total. The number of methoxy groups -OCH3 is 1. The number of hydrogen-bond donors (Lipinski definition) is 2. The average molecular weight is 777 g/mol. The summed E-state index contributed by atoms with van der Waals surface area (Å²) in [6.07, 6.45) is -6.07. The van der Waals surface area contributed by atoms with Crippen LogP contribution in [0.3, 0.4) is 0 Å². The number of ether oxygens (including phenoxy) is 4. The smallest absolute Gasteiger partial charge is 0.450 e. The highest BCUT2D eigenvalue weighted by Crippen LogP contribution is 2.30. The van der Waals surface area contributed by atoms with Gasteiger partial charge in [-0.3, -0.25) is 19.2 Å². The Balaban J connectivity index is 1.80. The van der Waals surface area contributed by atoms with Crippen molar-refractivity contribution >= 4 is 41.0 Å². The van der Waals surface area contributed by atoms with Crippen LogP contribution < -0.4 is 24.8 Å². The number of rotatable bonds is 18. The van der Waals surface area contributed by atoms with Gasteiger partial charge in [0, 0.05) is 23.8 Å². The Kier molecular flexibility index (Phi) is 15.5. The van der Waals surface area contributed by atoms with Gasteiger partial charge in [0.1, 0.15) is 34.9 Å². The summed E-state index contributed by atoms with van der Waals surface area (Å²) >= 11 is 6.16. The second-order valence-electron chi connectivity index (χ2n) is 13.7. The standard InChI is InChI=1S/C39H44ClF3N2O9/c1-23(2)30(36(49)39(41,42)43)20-32(46)35(25-10-12-27(51-6)13-11-25)45-37(50)31(19-24-8-7-9-26(40)18-24)44-33(47)21-52-28-14-16-29(17-15-28)53-22-34(48)54-38(3,4)5/h7-18,23,30-31,35H,19-22H2,1-6H3,(H,44,47)(H,45,50)/t30-,31-,35-/m0/s1. The zero-order valence-corrected chi connectivity index (χ0v) is 31.5. The molecule has 0 fully saturated rings. The van der Waals surface area contributed by atoms with E-state index in [-0.39, 0.29) is 24.3 Å². The lowest BCUT2D eigenvalue weighted by atomic mass is 9.84. The molecule has 11 nitrogen and oxygen atoms in total. The molecule has 54 heavy (non-hydrogen) atoms. The predicted octanol–water partition coefficient (Wildman–Crippen LogP) is 6.40. The Hall–Kier alpha value is -5.11. The lowest BCUT2D eigenvalue weighted by molar-refractivity contribution is -0.177. The lowest BCUT2D eigenvalue weighted by Crippen LogP contribution is -2.51. The van der Waals surface area contributed by atoms with Crippen LogP contribution in [-0.2, 0) is 35.1 Å². The molecular weight excluding hydrogens is 733 g/mol. The van der Waals surface area contributed by atoms with E-state index >= 15 is 0 Å². The van der Waals surface area contributed by atoms with E-state index < -0.39 is 78.1 Å². The molecule has 0 heterocycles. The fourth-order valence-electron chi connectivity index (χ4n) is 5.20. The number of ketones is 2. The van der Waals surface area contributed by atoms with E-state index in [2.05, 4.69) is 10.6 Å². The van der Waals surface area contributed by atoms with E-state index in [4.69, 9.17) is 30.5 Å². The van der Waals surface area contributed by atoms with Crippen molar-refractivity contribution in [1.29, 1.82) is 0 Å². The number of carbonyl (C=O) groups excluding carboxylic acids is 5. The Morgan fingerprint density at radius 2 is 1.37 bits per heavy atom. The predicted molar refractivity (Wildman–Crippen MR) is 193 cm³/mol. The van der Waals surface area contributed by atoms with E-state index in [0.717, 1.165) is 0 Å². The maximum absolute atomic E-state index is 13.9. The molecule has 0 saturated carbocycles. The Morgan fingerprint density at radius 1 is 0.796 bits per heavy atom. The third-order valence-corrected chi connectivity index (χ3v) is 8.09. The normalized spacial score (nSPS) is 13.2. The van der Waals surface area contributed by atoms with E-state index in [9.17, 15) is 37.1 Å². The molecule has 3 aromatic carbocycles. The van der Waals surface area contributed by atoms with Gasteiger partial charge in [-0.1, -0.05) is 49.7 Å². The molecule has 292 valence electrons. The fraction of sp³-hybridized carbons (Fsp3) is 0.410. The van der Waals surface area contributed by atoms with Crippen LogP contribution in [-0.4, -0.2) is 67.5 Å². The van der Waals surface area contributed by atoms with Crippen molar-refractivity contribution < 1.29 is 56.1 Å². The van der Waals surface area contributed by atoms with Gasteiger partial charge < -0.3 is 29.6 Å². The first-order valence-corrected chi connectivity index (χ1v) is 17.3. The van der Waals surface area contributed by atoms with Gasteiger partial charge in [0.15, 0.2) is 19.0 Å². The second kappa shape index (κ2) is 19.3. The van der Waals surface area contributed by atoms with Crippen molar-refractivity contribution in [3.63, 3.8) is 0 Å². The largest absolute Gasteiger partial charge is 0.497 e. The Morgan fingerprint density at radius 3 is 1.89 bits per heavy atom. The number of benzene rings is 3. The first-order chi connectivity index (χ1) is 25.2. The summed E-state index contributed by atoms with van der Waals surface area (Å²) in [7, 11) is 1.42. The minimum atomic E-state index is -5.17. The quantitative estimate of drug-likeness (QED) is 0.140. The van der Waals surface area contributed by atoms with Crippen LogP contribution in [0.1, 0.15) is 58.2 Å². The monoisotopic (exact) mass is 776 g/mol. The van der Waals surface area contributed by atoms with Crippen LogP contribution in [0.2, 0.25) is 5.02 Å². The molecule has 2 amide bonds. The van der Waals surface area contributed by atoms with Crippen LogP contribution in [0.4, 0.5) is 13.2 Å². The molecule has 0 spiro atoms. The summed E-state index contributed by atoms with van der Waals surface area (Å²) in [4.78, 5) is 65.0. The summed E-state index contributed by atoms with van der Waals surface area (Å²) < 4.78 is 61.8. The molecular formula is C39H44ClF3N2O9. The number of halogens is 4. The molecule has 0 radical (unpaired) electrons. The van der Waals surface area contributed by atoms with E-state index in [1.54, 1.807) is 45.0 Å². The second-order valence-corrected chi connectivity index (χ2v) is 14.1. The van der Waals surface area contributed by atoms with Gasteiger partial charge in [0.2, 0.25) is 11.7 Å². The zero-order chi connectivity index (χ0) is 40.2. The van der Waals surface area contributed by atoms with Gasteiger partial charge in [0.05, 0.1) is 7.11 Å². The van der Waals surface area contributed by atoms with Crippen LogP contribution in [0.25, 0.3) is 0 Å². The third kappa shape index (κ3) is 14.0. The molecule has 3 aromatic rings. The van der Waals surface area contributed by atoms with Crippen molar-refractivity contribution in [3.05, 3.63) is 88.9 Å². The molecule has 3 atom stereocenters. The number of hydrogen-bond acceptors (Lipinski definition) is 9. The molecule has 15 heteroatoms. The van der Waals surface area contributed by atoms with Gasteiger partial charge in [-0.15, -0.1) is 0 Å². The number of nitrogens with one attached hydrogen (secondary N) is 2. The minimum absolute atomic E-state index is 0.0908. The third-order valence-electron chi connectivity index (χ3n) is 7.85. The highest BCUT2D eigenvalue weighted by Gasteiger charge is 2.45. The lowest BCUT2D eigenvalue weighted by Gasteiger charge is -2.26. The minimum Gasteiger partial charge on any atom is -0.497 e. The number of esters is 1. The van der Waals surface area contributed by atoms with Gasteiger partial charge in [0.25, 0.3) is 5.91 Å². The van der Waals surface area contributed by atoms with Gasteiger partial charge >= 0.3 is 12.1 Å². The summed E-state index contributed by atoms with van der Waals surface area (Å²) in [5, 5.41) is 5.55. The van der Waals surface area contributed by atoms with Crippen molar-refractivity contribution in [2.75, 3.05) is 20.3 Å². The van der Waals surface area contributed by atoms with Crippen molar-refractivity contribution in [2.24, 2.45) is 11.8 Å². The molecule has 0 aliphatic carbocycles. The summed E-state index contributed by atoms with van der Waals surface area (Å²) in [5.74, 6) is -6.50. The topological polar surface area (TPSA) is 146 Å². The zero-order valence-electron chi connectivity index (χ0n) is 30.8. The van der Waals surface area contributed by atoms with E-state index in [1.165, 1.54) is 69.5 Å². The Bertz CT molecular complexity index is 1760. The molecule has 0 unspecified atom stereocenters. The summed E-state index contributed by atoms with van der Waals surface area (Å²) in [6, 6.07) is 15.7. The average Bonchev–Trinajstić information content (AvgIpc) is 3.09. The van der Waals surface area contributed by atoms with Gasteiger partial charge in [-0.2, -0.15) is 13.2 Å². The van der Waals surface area contributed by atoms with E-state index in [0.29, 0.717) is 22.1 Å². The van der Waals surface area contributed by atoms with Gasteiger partial charge in [-0.25, -0.2) is 4.79 Å². The Labute approximate surface area is 316 Å². The molecule has 3 rings (SSSR count). The first kappa shape index (κ1) is 43.3. The summed E-state index contributed by atoms with van der Waals surface area (Å²) in [6.45, 7) is 7.15. The SMILES string of the molecule is COc1ccc([C@H](NC(=O)[C@H](Cc2cccc(Cl)c2)NC(=O)COc2ccc(OCC(=O)OC(C)(C)C)cc2)C(=O)C[C@H](C(=O)C(F)(F)F)C(C)C)cc1. The molecule has 0 aromatic heterocycles. The number of alkyl halides is 3. The molecule has 0 aliphatic heterocycles. The van der Waals surface area contributed by atoms with Crippen LogP contribution in [0, 0.1) is 11.8 Å². The maximum atomic E-state index is 13.9. The number of amides is 2. The number of carbonyl (C=O) groups is 5. The van der Waals surface area contributed by atoms with Gasteiger partial charge in [-0.05, 0) is 86.3 Å². The molecule has 0 aliphatic rings. The molecule has 0 bridgehead atoms. The highest BCUT2D eigenvalue weighted by atomic mass is 35.5. The maximum Gasteiger partial charge on any atom is 0.450 e. The van der Waals surface area contributed by atoms with Crippen LogP contribution in [0.15, 0.2) is 72.8 Å². The van der Waals surface area contributed by atoms with E-state index in [1.807, 2.05) is 0 Å². The summed E-state index contributed by atoms with van der Waals surface area (Å²) in [5.41, 5.74) is 0.0974. The fourth-order valence-corrected chi connectivity index (χ4v) is 5.42. The van der Waals surface area contributed by atoms with Crippen LogP contribution in [0.5, 0.6) is 17.2 Å². The first-order valence-electron chi connectivity index (χ1n) is 16.9. The molecule has 0 saturated heterocycles. The van der Waals surface area contributed by atoms with Crippen molar-refractivity contribution in [2.45, 2.75) is 71.3 Å². The highest BCUT2D eigenvalue weighted by molar-refractivity contribution is 6.30. The van der Waals surface area contributed by atoms with Crippen molar-refractivity contribution in [3.8, 4) is 17.2 Å². The number of Topliss-reactive ketones (excluding diaryl/α,β-unsaturated/α-hetero) is 2. The van der Waals surface area contributed by atoms with Crippen molar-refractivity contribution in [1.82, 2.24) is 10.6 Å². The van der Waals surface area contributed by atoms with Crippen LogP contribution >= 0.6 is 11.6 Å².